The van der Waals surface area contributed by atoms with Crippen LogP contribution in [0.2, 0.25) is 10.0 Å². The Morgan fingerprint density at radius 1 is 1.00 bits per heavy atom. The summed E-state index contributed by atoms with van der Waals surface area (Å²) in [6.07, 6.45) is 0. The highest BCUT2D eigenvalue weighted by Gasteiger charge is 2.10. The standard InChI is InChI=1S/C19H15Cl2NO2/c20-14-8-9-17(21)16(12-14)19(23)22-10-11-24-18-7-3-5-13-4-1-2-6-15(13)18/h1-9,12H,10-11H2,(H,22,23). The van der Waals surface area contributed by atoms with E-state index in [0.29, 0.717) is 28.8 Å². The van der Waals surface area contributed by atoms with Gasteiger partial charge in [-0.2, -0.15) is 0 Å². The van der Waals surface area contributed by atoms with Crippen LogP contribution >= 0.6 is 23.2 Å². The average Bonchev–Trinajstić information content (AvgIpc) is 2.60. The first-order valence-corrected chi connectivity index (χ1v) is 8.24. The predicted octanol–water partition coefficient (Wildman–Crippen LogP) is 4.96. The number of hydrogen-bond donors (Lipinski definition) is 1. The summed E-state index contributed by atoms with van der Waals surface area (Å²) in [4.78, 5) is 12.1. The van der Waals surface area contributed by atoms with Gasteiger partial charge < -0.3 is 10.1 Å². The molecule has 1 amide bonds. The molecule has 0 unspecified atom stereocenters. The van der Waals surface area contributed by atoms with E-state index in [1.54, 1.807) is 18.2 Å². The van der Waals surface area contributed by atoms with Crippen LogP contribution in [0, 0.1) is 0 Å². The van der Waals surface area contributed by atoms with Gasteiger partial charge in [0.2, 0.25) is 0 Å². The summed E-state index contributed by atoms with van der Waals surface area (Å²) < 4.78 is 5.79. The number of ether oxygens (including phenoxy) is 1. The molecule has 0 saturated carbocycles. The zero-order chi connectivity index (χ0) is 16.9. The lowest BCUT2D eigenvalue weighted by molar-refractivity contribution is 0.0947. The fraction of sp³-hybridized carbons (Fsp3) is 0.105. The van der Waals surface area contributed by atoms with Crippen LogP contribution in [0.25, 0.3) is 10.8 Å². The molecule has 3 aromatic rings. The molecule has 0 heterocycles. The minimum atomic E-state index is -0.274. The Bertz CT molecular complexity index is 875. The van der Waals surface area contributed by atoms with Gasteiger partial charge in [0, 0.05) is 10.4 Å². The normalized spacial score (nSPS) is 10.6. The predicted molar refractivity (Wildman–Crippen MR) is 98.2 cm³/mol. The van der Waals surface area contributed by atoms with E-state index < -0.39 is 0 Å². The van der Waals surface area contributed by atoms with Gasteiger partial charge in [-0.1, -0.05) is 59.6 Å². The maximum absolute atomic E-state index is 12.1. The molecule has 3 nitrogen and oxygen atoms in total. The summed E-state index contributed by atoms with van der Waals surface area (Å²) in [6.45, 7) is 0.725. The van der Waals surface area contributed by atoms with Gasteiger partial charge in [-0.3, -0.25) is 4.79 Å². The lowest BCUT2D eigenvalue weighted by Crippen LogP contribution is -2.28. The first kappa shape index (κ1) is 16.6. The second-order valence-corrected chi connectivity index (χ2v) is 6.05. The number of rotatable bonds is 5. The maximum Gasteiger partial charge on any atom is 0.252 e. The average molecular weight is 360 g/mol. The third-order valence-electron chi connectivity index (χ3n) is 3.57. The van der Waals surface area contributed by atoms with Gasteiger partial charge in [0.1, 0.15) is 12.4 Å². The van der Waals surface area contributed by atoms with Gasteiger partial charge in [0.05, 0.1) is 17.1 Å². The van der Waals surface area contributed by atoms with Gasteiger partial charge in [-0.15, -0.1) is 0 Å². The van der Waals surface area contributed by atoms with Gasteiger partial charge in [0.15, 0.2) is 0 Å². The van der Waals surface area contributed by atoms with Gasteiger partial charge in [-0.25, -0.2) is 0 Å². The number of halogens is 2. The molecule has 0 aliphatic heterocycles. The summed E-state index contributed by atoms with van der Waals surface area (Å²) in [5, 5.41) is 5.78. The highest BCUT2D eigenvalue weighted by atomic mass is 35.5. The van der Waals surface area contributed by atoms with E-state index in [2.05, 4.69) is 5.32 Å². The molecule has 122 valence electrons. The van der Waals surface area contributed by atoms with Crippen LogP contribution < -0.4 is 10.1 Å². The molecule has 24 heavy (non-hydrogen) atoms. The van der Waals surface area contributed by atoms with Crippen molar-refractivity contribution in [1.29, 1.82) is 0 Å². The number of carbonyl (C=O) groups excluding carboxylic acids is 1. The topological polar surface area (TPSA) is 38.3 Å². The molecule has 0 aromatic heterocycles. The van der Waals surface area contributed by atoms with Crippen molar-refractivity contribution < 1.29 is 9.53 Å². The molecule has 5 heteroatoms. The Morgan fingerprint density at radius 3 is 2.67 bits per heavy atom. The first-order chi connectivity index (χ1) is 11.6. The second kappa shape index (κ2) is 7.56. The fourth-order valence-electron chi connectivity index (χ4n) is 2.41. The first-order valence-electron chi connectivity index (χ1n) is 7.49. The van der Waals surface area contributed by atoms with Crippen molar-refractivity contribution in [3.8, 4) is 5.75 Å². The van der Waals surface area contributed by atoms with Crippen LogP contribution in [-0.2, 0) is 0 Å². The fourth-order valence-corrected chi connectivity index (χ4v) is 2.79. The zero-order valence-electron chi connectivity index (χ0n) is 12.8. The number of hydrogen-bond acceptors (Lipinski definition) is 2. The van der Waals surface area contributed by atoms with E-state index in [1.165, 1.54) is 0 Å². The van der Waals surface area contributed by atoms with Crippen molar-refractivity contribution in [2.24, 2.45) is 0 Å². The molecule has 0 saturated heterocycles. The lowest BCUT2D eigenvalue weighted by Gasteiger charge is -2.11. The monoisotopic (exact) mass is 359 g/mol. The maximum atomic E-state index is 12.1. The van der Waals surface area contributed by atoms with Crippen molar-refractivity contribution in [3.05, 3.63) is 76.3 Å². The molecular weight excluding hydrogens is 345 g/mol. The molecule has 3 rings (SSSR count). The van der Waals surface area contributed by atoms with Crippen molar-refractivity contribution in [2.75, 3.05) is 13.2 Å². The minimum Gasteiger partial charge on any atom is -0.491 e. The lowest BCUT2D eigenvalue weighted by atomic mass is 10.1. The minimum absolute atomic E-state index is 0.274. The summed E-state index contributed by atoms with van der Waals surface area (Å²) in [5.41, 5.74) is 0.356. The van der Waals surface area contributed by atoms with Gasteiger partial charge in [-0.05, 0) is 29.7 Å². The quantitative estimate of drug-likeness (QED) is 0.654. The highest BCUT2D eigenvalue weighted by Crippen LogP contribution is 2.25. The molecule has 0 atom stereocenters. The van der Waals surface area contributed by atoms with Gasteiger partial charge in [0.25, 0.3) is 5.91 Å². The summed E-state index contributed by atoms with van der Waals surface area (Å²) in [6, 6.07) is 18.7. The van der Waals surface area contributed by atoms with Crippen LogP contribution in [0.3, 0.4) is 0 Å². The Morgan fingerprint density at radius 2 is 1.79 bits per heavy atom. The van der Waals surface area contributed by atoms with E-state index in [0.717, 1.165) is 16.5 Å². The van der Waals surface area contributed by atoms with Crippen molar-refractivity contribution in [3.63, 3.8) is 0 Å². The van der Waals surface area contributed by atoms with Crippen molar-refractivity contribution in [1.82, 2.24) is 5.32 Å². The van der Waals surface area contributed by atoms with Crippen LogP contribution in [0.5, 0.6) is 5.75 Å². The molecular formula is C19H15Cl2NO2. The molecule has 0 aliphatic rings. The summed E-state index contributed by atoms with van der Waals surface area (Å²) in [7, 11) is 0. The third-order valence-corrected chi connectivity index (χ3v) is 4.13. The number of benzene rings is 3. The Labute approximate surface area is 150 Å². The largest absolute Gasteiger partial charge is 0.491 e. The summed E-state index contributed by atoms with van der Waals surface area (Å²) >= 11 is 11.9. The molecule has 0 radical (unpaired) electrons. The van der Waals surface area contributed by atoms with Crippen LogP contribution in [0.15, 0.2) is 60.7 Å². The van der Waals surface area contributed by atoms with Crippen molar-refractivity contribution >= 4 is 39.9 Å². The number of fused-ring (bicyclic) bond motifs is 1. The smallest absolute Gasteiger partial charge is 0.252 e. The van der Waals surface area contributed by atoms with E-state index in [9.17, 15) is 4.79 Å². The van der Waals surface area contributed by atoms with Crippen LogP contribution in [-0.4, -0.2) is 19.1 Å². The van der Waals surface area contributed by atoms with E-state index >= 15 is 0 Å². The number of nitrogens with one attached hydrogen (secondary N) is 1. The summed E-state index contributed by atoms with van der Waals surface area (Å²) in [5.74, 6) is 0.521. The van der Waals surface area contributed by atoms with Gasteiger partial charge >= 0.3 is 0 Å². The zero-order valence-corrected chi connectivity index (χ0v) is 14.3. The third kappa shape index (κ3) is 3.81. The Kier molecular flexibility index (Phi) is 5.24. The molecule has 3 aromatic carbocycles. The highest BCUT2D eigenvalue weighted by molar-refractivity contribution is 6.35. The number of carbonyl (C=O) groups is 1. The number of amides is 1. The van der Waals surface area contributed by atoms with E-state index in [-0.39, 0.29) is 5.91 Å². The van der Waals surface area contributed by atoms with Crippen LogP contribution in [0.1, 0.15) is 10.4 Å². The van der Waals surface area contributed by atoms with Crippen molar-refractivity contribution in [2.45, 2.75) is 0 Å². The molecule has 0 spiro atoms. The molecule has 1 N–H and O–H groups in total. The van der Waals surface area contributed by atoms with E-state index in [1.807, 2.05) is 42.5 Å². The molecule has 0 aliphatic carbocycles. The Hall–Kier alpha value is -2.23. The van der Waals surface area contributed by atoms with Crippen LogP contribution in [0.4, 0.5) is 0 Å². The molecule has 0 bridgehead atoms. The van der Waals surface area contributed by atoms with E-state index in [4.69, 9.17) is 27.9 Å². The Balaban J connectivity index is 1.59. The second-order valence-electron chi connectivity index (χ2n) is 5.21. The molecule has 0 fully saturated rings. The SMILES string of the molecule is O=C(NCCOc1cccc2ccccc12)c1cc(Cl)ccc1Cl.